The molecular weight excluding hydrogens is 486 g/mol. The number of fused-ring (bicyclic) bond motifs is 1. The van der Waals surface area contributed by atoms with Crippen LogP contribution in [0.2, 0.25) is 0 Å². The van der Waals surface area contributed by atoms with Gasteiger partial charge in [0, 0.05) is 35.1 Å². The standard InChI is InChI=1S/C33H39N3O3/c1-33(2,3)23-8-10-24(11-9-23)35-25-12-14-27(15-13-25)39-30-16-18-34-29-22-32(31(37-5)21-28(29)30)38-20-17-26-7-6-19-36(26)4/h8-16,18,21-22,26,35H,6-7,17,19-20H2,1-5H3. The van der Waals surface area contributed by atoms with Gasteiger partial charge >= 0.3 is 0 Å². The molecule has 0 bridgehead atoms. The normalized spacial score (nSPS) is 15.9. The van der Waals surface area contributed by atoms with Crippen LogP contribution in [0.5, 0.6) is 23.0 Å². The highest BCUT2D eigenvalue weighted by Crippen LogP contribution is 2.37. The molecule has 1 aliphatic rings. The van der Waals surface area contributed by atoms with Gasteiger partial charge in [-0.2, -0.15) is 0 Å². The molecule has 0 radical (unpaired) electrons. The van der Waals surface area contributed by atoms with Crippen LogP contribution < -0.4 is 19.5 Å². The van der Waals surface area contributed by atoms with E-state index >= 15 is 0 Å². The lowest BCUT2D eigenvalue weighted by Crippen LogP contribution is -2.26. The van der Waals surface area contributed by atoms with E-state index in [0.717, 1.165) is 40.2 Å². The number of aromatic nitrogens is 1. The number of hydrogen-bond acceptors (Lipinski definition) is 6. The van der Waals surface area contributed by atoms with Crippen LogP contribution in [0, 0.1) is 0 Å². The van der Waals surface area contributed by atoms with Gasteiger partial charge in [0.2, 0.25) is 0 Å². The summed E-state index contributed by atoms with van der Waals surface area (Å²) in [7, 11) is 3.85. The van der Waals surface area contributed by atoms with Gasteiger partial charge in [-0.1, -0.05) is 32.9 Å². The molecule has 6 heteroatoms. The van der Waals surface area contributed by atoms with Crippen LogP contribution in [0.15, 0.2) is 72.9 Å². The maximum absolute atomic E-state index is 6.28. The summed E-state index contributed by atoms with van der Waals surface area (Å²) >= 11 is 0. The summed E-state index contributed by atoms with van der Waals surface area (Å²) in [6, 6.07) is 22.9. The van der Waals surface area contributed by atoms with Crippen molar-refractivity contribution in [1.82, 2.24) is 9.88 Å². The van der Waals surface area contributed by atoms with E-state index in [-0.39, 0.29) is 5.41 Å². The number of likely N-dealkylation sites (tertiary alicyclic amines) is 1. The van der Waals surface area contributed by atoms with Crippen LogP contribution in [0.3, 0.4) is 0 Å². The van der Waals surface area contributed by atoms with Crippen molar-refractivity contribution in [3.8, 4) is 23.0 Å². The Bertz CT molecular complexity index is 1400. The number of rotatable bonds is 9. The Morgan fingerprint density at radius 2 is 1.64 bits per heavy atom. The van der Waals surface area contributed by atoms with Crippen molar-refractivity contribution in [1.29, 1.82) is 0 Å². The van der Waals surface area contributed by atoms with Crippen LogP contribution in [-0.2, 0) is 5.41 Å². The molecule has 39 heavy (non-hydrogen) atoms. The van der Waals surface area contributed by atoms with Crippen molar-refractivity contribution in [2.75, 3.05) is 32.6 Å². The van der Waals surface area contributed by atoms with Crippen molar-refractivity contribution in [2.45, 2.75) is 51.5 Å². The molecule has 0 spiro atoms. The van der Waals surface area contributed by atoms with E-state index in [9.17, 15) is 0 Å². The highest BCUT2D eigenvalue weighted by Gasteiger charge is 2.21. The van der Waals surface area contributed by atoms with E-state index in [1.165, 1.54) is 24.9 Å². The smallest absolute Gasteiger partial charge is 0.163 e. The second-order valence-corrected chi connectivity index (χ2v) is 11.3. The Morgan fingerprint density at radius 3 is 2.28 bits per heavy atom. The molecule has 0 amide bonds. The maximum atomic E-state index is 6.28. The van der Waals surface area contributed by atoms with E-state index in [1.54, 1.807) is 13.3 Å². The fourth-order valence-corrected chi connectivity index (χ4v) is 5.09. The van der Waals surface area contributed by atoms with E-state index in [4.69, 9.17) is 14.2 Å². The topological polar surface area (TPSA) is 55.9 Å². The number of ether oxygens (including phenoxy) is 3. The third-order valence-electron chi connectivity index (χ3n) is 7.49. The van der Waals surface area contributed by atoms with E-state index in [2.05, 4.69) is 67.3 Å². The van der Waals surface area contributed by atoms with Gasteiger partial charge in [0.25, 0.3) is 0 Å². The molecule has 1 aliphatic heterocycles. The third-order valence-corrected chi connectivity index (χ3v) is 7.49. The summed E-state index contributed by atoms with van der Waals surface area (Å²) in [5.41, 5.74) is 4.31. The summed E-state index contributed by atoms with van der Waals surface area (Å²) < 4.78 is 18.1. The fourth-order valence-electron chi connectivity index (χ4n) is 5.09. The lowest BCUT2D eigenvalue weighted by molar-refractivity contribution is 0.227. The number of anilines is 2. The lowest BCUT2D eigenvalue weighted by atomic mass is 9.87. The van der Waals surface area contributed by atoms with Crippen molar-refractivity contribution in [2.24, 2.45) is 0 Å². The molecule has 0 saturated carbocycles. The molecule has 2 heterocycles. The number of pyridine rings is 1. The number of benzene rings is 3. The number of nitrogens with zero attached hydrogens (tertiary/aromatic N) is 2. The average Bonchev–Trinajstić information content (AvgIpc) is 3.33. The van der Waals surface area contributed by atoms with Crippen molar-refractivity contribution in [3.05, 3.63) is 78.5 Å². The van der Waals surface area contributed by atoms with E-state index < -0.39 is 0 Å². The first kappa shape index (κ1) is 26.8. The molecule has 4 aromatic rings. The first-order chi connectivity index (χ1) is 18.8. The zero-order valence-electron chi connectivity index (χ0n) is 23.7. The summed E-state index contributed by atoms with van der Waals surface area (Å²) in [6.45, 7) is 8.48. The monoisotopic (exact) mass is 525 g/mol. The molecule has 204 valence electrons. The fraction of sp³-hybridized carbons (Fsp3) is 0.364. The molecule has 1 aromatic heterocycles. The number of nitrogens with one attached hydrogen (secondary N) is 1. The van der Waals surface area contributed by atoms with Gasteiger partial charge < -0.3 is 24.4 Å². The van der Waals surface area contributed by atoms with Gasteiger partial charge in [-0.3, -0.25) is 4.98 Å². The molecule has 1 fully saturated rings. The van der Waals surface area contributed by atoms with Crippen LogP contribution in [0.25, 0.3) is 10.9 Å². The van der Waals surface area contributed by atoms with E-state index in [0.29, 0.717) is 24.1 Å². The highest BCUT2D eigenvalue weighted by atomic mass is 16.5. The van der Waals surface area contributed by atoms with Crippen molar-refractivity contribution < 1.29 is 14.2 Å². The predicted octanol–water partition coefficient (Wildman–Crippen LogP) is 7.94. The zero-order valence-corrected chi connectivity index (χ0v) is 23.7. The Labute approximate surface area is 231 Å². The predicted molar refractivity (Wildman–Crippen MR) is 159 cm³/mol. The van der Waals surface area contributed by atoms with Gasteiger partial charge in [0.1, 0.15) is 11.5 Å². The SMILES string of the molecule is COc1cc2c(Oc3ccc(Nc4ccc(C(C)(C)C)cc4)cc3)ccnc2cc1OCCC1CCCN1C. The lowest BCUT2D eigenvalue weighted by Gasteiger charge is -2.20. The van der Waals surface area contributed by atoms with E-state index in [1.807, 2.05) is 42.5 Å². The largest absolute Gasteiger partial charge is 0.493 e. The zero-order chi connectivity index (χ0) is 27.4. The minimum Gasteiger partial charge on any atom is -0.493 e. The minimum absolute atomic E-state index is 0.138. The average molecular weight is 526 g/mol. The second-order valence-electron chi connectivity index (χ2n) is 11.3. The van der Waals surface area contributed by atoms with Gasteiger partial charge in [0.05, 0.1) is 19.2 Å². The quantitative estimate of drug-likeness (QED) is 0.239. The first-order valence-electron chi connectivity index (χ1n) is 13.8. The Hall–Kier alpha value is -3.77. The highest BCUT2D eigenvalue weighted by molar-refractivity contribution is 5.88. The molecule has 3 aromatic carbocycles. The van der Waals surface area contributed by atoms with Crippen LogP contribution >= 0.6 is 0 Å². The molecule has 0 aliphatic carbocycles. The van der Waals surface area contributed by atoms with Crippen molar-refractivity contribution in [3.63, 3.8) is 0 Å². The molecule has 1 saturated heterocycles. The van der Waals surface area contributed by atoms with Crippen LogP contribution in [0.4, 0.5) is 11.4 Å². The Morgan fingerprint density at radius 1 is 0.923 bits per heavy atom. The Kier molecular flexibility index (Phi) is 7.94. The molecule has 1 atom stereocenters. The first-order valence-corrected chi connectivity index (χ1v) is 13.8. The molecule has 1 unspecified atom stereocenters. The van der Waals surface area contributed by atoms with Gasteiger partial charge in [-0.15, -0.1) is 0 Å². The minimum atomic E-state index is 0.138. The molecule has 6 nitrogen and oxygen atoms in total. The Balaban J connectivity index is 1.27. The maximum Gasteiger partial charge on any atom is 0.163 e. The number of hydrogen-bond donors (Lipinski definition) is 1. The molecular formula is C33H39N3O3. The summed E-state index contributed by atoms with van der Waals surface area (Å²) in [5.74, 6) is 2.85. The third kappa shape index (κ3) is 6.45. The summed E-state index contributed by atoms with van der Waals surface area (Å²) in [4.78, 5) is 6.98. The van der Waals surface area contributed by atoms with Crippen molar-refractivity contribution >= 4 is 22.3 Å². The molecule has 1 N–H and O–H groups in total. The molecule has 5 rings (SSSR count). The van der Waals surface area contributed by atoms with Gasteiger partial charge in [0.15, 0.2) is 11.5 Å². The van der Waals surface area contributed by atoms with Crippen LogP contribution in [-0.4, -0.2) is 43.2 Å². The van der Waals surface area contributed by atoms with Crippen LogP contribution in [0.1, 0.15) is 45.6 Å². The summed E-state index contributed by atoms with van der Waals surface area (Å²) in [5, 5.41) is 4.34. The summed E-state index contributed by atoms with van der Waals surface area (Å²) in [6.07, 6.45) is 5.26. The number of methoxy groups -OCH3 is 1. The van der Waals surface area contributed by atoms with Gasteiger partial charge in [-0.25, -0.2) is 0 Å². The second kappa shape index (κ2) is 11.5. The van der Waals surface area contributed by atoms with Gasteiger partial charge in [-0.05, 0) is 92.4 Å².